The summed E-state index contributed by atoms with van der Waals surface area (Å²) in [5.41, 5.74) is 3.49. The molecule has 4 heterocycles. The largest absolute Gasteiger partial charge is 0.465 e. The number of carbonyl (C=O) groups is 2. The number of nitrogens with zero attached hydrogens (tertiary/aromatic N) is 5. The number of benzene rings is 1. The highest BCUT2D eigenvalue weighted by Crippen LogP contribution is 2.34. The standard InChI is InChI=1S/C23H18ClN7O3/c1-13(27-22(32)18-20(28-23(33)34)29-31-9-5-8-26-21(18)31)15-10-16(24)17-11-25-12-30(17)19(15)14-6-3-2-4-7-14/h2-13H,1H3,(H,27,32)(H,28,29)(H,33,34). The second-order valence-electron chi connectivity index (χ2n) is 7.55. The quantitative estimate of drug-likeness (QED) is 0.348. The average Bonchev–Trinajstić information content (AvgIpc) is 3.44. The SMILES string of the molecule is CC(NC(=O)c1c(NC(=O)O)nn2cccnc12)c1cc(Cl)c2cncn2c1-c1ccccc1. The summed E-state index contributed by atoms with van der Waals surface area (Å²) in [7, 11) is 0. The first-order valence-corrected chi connectivity index (χ1v) is 10.7. The molecule has 5 aromatic rings. The fraction of sp³-hybridized carbons (Fsp3) is 0.0870. The van der Waals surface area contributed by atoms with E-state index < -0.39 is 18.0 Å². The van der Waals surface area contributed by atoms with Crippen LogP contribution in [0.2, 0.25) is 5.02 Å². The molecule has 170 valence electrons. The maximum atomic E-state index is 13.4. The number of hydrogen-bond acceptors (Lipinski definition) is 5. The lowest BCUT2D eigenvalue weighted by Gasteiger charge is -2.20. The van der Waals surface area contributed by atoms with E-state index in [2.05, 4.69) is 25.7 Å². The van der Waals surface area contributed by atoms with E-state index in [0.29, 0.717) is 5.02 Å². The van der Waals surface area contributed by atoms with Crippen LogP contribution >= 0.6 is 11.6 Å². The van der Waals surface area contributed by atoms with Crippen molar-refractivity contribution in [2.75, 3.05) is 5.32 Å². The molecule has 34 heavy (non-hydrogen) atoms. The van der Waals surface area contributed by atoms with Gasteiger partial charge in [-0.2, -0.15) is 0 Å². The van der Waals surface area contributed by atoms with Gasteiger partial charge in [0.15, 0.2) is 11.5 Å². The number of nitrogens with one attached hydrogen (secondary N) is 2. The normalized spacial score (nSPS) is 12.1. The molecule has 0 saturated carbocycles. The van der Waals surface area contributed by atoms with Crippen LogP contribution < -0.4 is 10.6 Å². The topological polar surface area (TPSA) is 126 Å². The van der Waals surface area contributed by atoms with Crippen molar-refractivity contribution in [1.82, 2.24) is 29.3 Å². The van der Waals surface area contributed by atoms with Gasteiger partial charge < -0.3 is 10.4 Å². The van der Waals surface area contributed by atoms with Crippen molar-refractivity contribution in [3.05, 3.63) is 83.5 Å². The van der Waals surface area contributed by atoms with Crippen molar-refractivity contribution in [2.24, 2.45) is 0 Å². The number of carboxylic acid groups (broad SMARTS) is 1. The maximum Gasteiger partial charge on any atom is 0.410 e. The molecule has 4 aromatic heterocycles. The number of hydrogen-bond donors (Lipinski definition) is 3. The fourth-order valence-electron chi connectivity index (χ4n) is 3.93. The molecule has 0 fully saturated rings. The van der Waals surface area contributed by atoms with Crippen LogP contribution in [0.3, 0.4) is 0 Å². The summed E-state index contributed by atoms with van der Waals surface area (Å²) < 4.78 is 3.22. The van der Waals surface area contributed by atoms with Gasteiger partial charge >= 0.3 is 6.09 Å². The summed E-state index contributed by atoms with van der Waals surface area (Å²) >= 11 is 6.53. The number of rotatable bonds is 5. The molecule has 0 spiro atoms. The van der Waals surface area contributed by atoms with Gasteiger partial charge in [-0.1, -0.05) is 41.9 Å². The van der Waals surface area contributed by atoms with Crippen LogP contribution in [-0.2, 0) is 0 Å². The molecular weight excluding hydrogens is 458 g/mol. The van der Waals surface area contributed by atoms with Gasteiger partial charge in [0.05, 0.1) is 34.8 Å². The van der Waals surface area contributed by atoms with Crippen LogP contribution in [0, 0.1) is 0 Å². The second kappa shape index (κ2) is 8.49. The predicted octanol–water partition coefficient (Wildman–Crippen LogP) is 4.28. The molecule has 0 aliphatic rings. The van der Waals surface area contributed by atoms with E-state index in [-0.39, 0.29) is 17.0 Å². The van der Waals surface area contributed by atoms with Gasteiger partial charge in [0, 0.05) is 18.0 Å². The Bertz CT molecular complexity index is 1540. The number of imidazole rings is 1. The summed E-state index contributed by atoms with van der Waals surface area (Å²) in [6.45, 7) is 1.82. The van der Waals surface area contributed by atoms with Gasteiger partial charge in [0.1, 0.15) is 5.56 Å². The number of anilines is 1. The van der Waals surface area contributed by atoms with Crippen LogP contribution in [0.1, 0.15) is 28.9 Å². The Hall–Kier alpha value is -4.44. The molecule has 5 rings (SSSR count). The van der Waals surface area contributed by atoms with E-state index in [4.69, 9.17) is 11.6 Å². The smallest absolute Gasteiger partial charge is 0.410 e. The molecular formula is C23H18ClN7O3. The first kappa shape index (κ1) is 21.4. The fourth-order valence-corrected chi connectivity index (χ4v) is 4.19. The summed E-state index contributed by atoms with van der Waals surface area (Å²) in [5.74, 6) is -0.645. The van der Waals surface area contributed by atoms with Crippen molar-refractivity contribution < 1.29 is 14.7 Å². The van der Waals surface area contributed by atoms with E-state index in [9.17, 15) is 14.7 Å². The third-order valence-electron chi connectivity index (χ3n) is 5.39. The molecule has 2 amide bonds. The molecule has 0 radical (unpaired) electrons. The maximum absolute atomic E-state index is 13.4. The highest BCUT2D eigenvalue weighted by atomic mass is 35.5. The first-order chi connectivity index (χ1) is 16.4. The van der Waals surface area contributed by atoms with Gasteiger partial charge in [0.2, 0.25) is 0 Å². The Balaban J connectivity index is 1.59. The third kappa shape index (κ3) is 3.69. The van der Waals surface area contributed by atoms with Crippen molar-refractivity contribution in [3.63, 3.8) is 0 Å². The van der Waals surface area contributed by atoms with Gasteiger partial charge in [0.25, 0.3) is 5.91 Å². The first-order valence-electron chi connectivity index (χ1n) is 10.3. The molecule has 1 unspecified atom stereocenters. The predicted molar refractivity (Wildman–Crippen MR) is 126 cm³/mol. The number of carbonyl (C=O) groups excluding carboxylic acids is 1. The summed E-state index contributed by atoms with van der Waals surface area (Å²) in [6, 6.07) is 12.6. The highest BCUT2D eigenvalue weighted by molar-refractivity contribution is 6.34. The number of pyridine rings is 1. The monoisotopic (exact) mass is 475 g/mol. The molecule has 3 N–H and O–H groups in total. The molecule has 10 nitrogen and oxygen atoms in total. The van der Waals surface area contributed by atoms with E-state index in [1.54, 1.807) is 30.9 Å². The third-order valence-corrected chi connectivity index (χ3v) is 5.69. The van der Waals surface area contributed by atoms with E-state index in [1.807, 2.05) is 41.7 Å². The number of amides is 2. The zero-order valence-electron chi connectivity index (χ0n) is 17.8. The second-order valence-corrected chi connectivity index (χ2v) is 7.96. The van der Waals surface area contributed by atoms with Crippen LogP contribution in [-0.4, -0.2) is 41.1 Å². The lowest BCUT2D eigenvalue weighted by atomic mass is 9.99. The molecule has 0 saturated heterocycles. The van der Waals surface area contributed by atoms with Crippen LogP contribution in [0.25, 0.3) is 22.4 Å². The number of aromatic nitrogens is 5. The Morgan fingerprint density at radius 2 is 1.97 bits per heavy atom. The number of fused-ring (bicyclic) bond motifs is 2. The molecule has 1 aromatic carbocycles. The number of halogens is 1. The summed E-state index contributed by atoms with van der Waals surface area (Å²) in [6.07, 6.45) is 5.09. The molecule has 0 aliphatic heterocycles. The molecule has 0 aliphatic carbocycles. The lowest BCUT2D eigenvalue weighted by molar-refractivity contribution is 0.0942. The Kier molecular flexibility index (Phi) is 5.34. The van der Waals surface area contributed by atoms with E-state index >= 15 is 0 Å². The summed E-state index contributed by atoms with van der Waals surface area (Å²) in [4.78, 5) is 33.1. The summed E-state index contributed by atoms with van der Waals surface area (Å²) in [5, 5.41) is 18.9. The molecule has 11 heteroatoms. The minimum absolute atomic E-state index is 0.0194. The zero-order valence-corrected chi connectivity index (χ0v) is 18.6. The Morgan fingerprint density at radius 3 is 2.74 bits per heavy atom. The minimum Gasteiger partial charge on any atom is -0.465 e. The highest BCUT2D eigenvalue weighted by Gasteiger charge is 2.25. The Labute approximate surface area is 197 Å². The lowest BCUT2D eigenvalue weighted by Crippen LogP contribution is -2.28. The van der Waals surface area contributed by atoms with Crippen LogP contribution in [0.4, 0.5) is 10.6 Å². The zero-order chi connectivity index (χ0) is 23.8. The molecule has 0 bridgehead atoms. The van der Waals surface area contributed by atoms with E-state index in [0.717, 1.165) is 22.3 Å². The van der Waals surface area contributed by atoms with Crippen molar-refractivity contribution in [1.29, 1.82) is 0 Å². The van der Waals surface area contributed by atoms with Gasteiger partial charge in [-0.25, -0.2) is 19.3 Å². The van der Waals surface area contributed by atoms with Crippen molar-refractivity contribution in [2.45, 2.75) is 13.0 Å². The Morgan fingerprint density at radius 1 is 1.18 bits per heavy atom. The van der Waals surface area contributed by atoms with Crippen molar-refractivity contribution in [3.8, 4) is 11.3 Å². The van der Waals surface area contributed by atoms with Gasteiger partial charge in [-0.3, -0.25) is 14.5 Å². The van der Waals surface area contributed by atoms with Gasteiger partial charge in [-0.05, 0) is 24.6 Å². The van der Waals surface area contributed by atoms with Crippen LogP contribution in [0.5, 0.6) is 0 Å². The average molecular weight is 476 g/mol. The van der Waals surface area contributed by atoms with Gasteiger partial charge in [-0.15, -0.1) is 5.10 Å². The van der Waals surface area contributed by atoms with Crippen LogP contribution in [0.15, 0.2) is 67.4 Å². The minimum atomic E-state index is -1.34. The molecule has 1 atom stereocenters. The van der Waals surface area contributed by atoms with E-state index in [1.165, 1.54) is 10.7 Å². The van der Waals surface area contributed by atoms with Crippen molar-refractivity contribution >= 4 is 40.6 Å².